The van der Waals surface area contributed by atoms with Crippen LogP contribution in [-0.2, 0) is 12.7 Å². The van der Waals surface area contributed by atoms with E-state index < -0.39 is 11.7 Å². The van der Waals surface area contributed by atoms with Crippen LogP contribution in [0.15, 0.2) is 84.1 Å². The molecule has 0 aliphatic carbocycles. The Morgan fingerprint density at radius 3 is 2.51 bits per heavy atom. The number of fused-ring (bicyclic) bond motifs is 1. The quantitative estimate of drug-likeness (QED) is 0.273. The van der Waals surface area contributed by atoms with Gasteiger partial charge in [0, 0.05) is 47.0 Å². The van der Waals surface area contributed by atoms with Crippen molar-refractivity contribution in [2.75, 3.05) is 13.1 Å². The number of hydrogen-bond acceptors (Lipinski definition) is 1. The Bertz CT molecular complexity index is 1490. The predicted molar refractivity (Wildman–Crippen MR) is 147 cm³/mol. The molecule has 0 radical (unpaired) electrons. The lowest BCUT2D eigenvalue weighted by Gasteiger charge is -2.33. The zero-order valence-electron chi connectivity index (χ0n) is 20.2. The zero-order chi connectivity index (χ0) is 26.2. The first-order valence-electron chi connectivity index (χ1n) is 12.0. The predicted octanol–water partition coefficient (Wildman–Crippen LogP) is 9.26. The molecule has 1 fully saturated rings. The highest BCUT2D eigenvalue weighted by Gasteiger charge is 2.33. The third kappa shape index (κ3) is 5.49. The first-order valence-corrected chi connectivity index (χ1v) is 12.8. The maximum absolute atomic E-state index is 13.6. The molecule has 7 heteroatoms. The number of allylic oxidation sites excluding steroid dienone is 1. The van der Waals surface area contributed by atoms with E-state index in [4.69, 9.17) is 23.2 Å². The van der Waals surface area contributed by atoms with Gasteiger partial charge in [0.2, 0.25) is 0 Å². The molecule has 0 amide bonds. The molecule has 0 saturated carbocycles. The summed E-state index contributed by atoms with van der Waals surface area (Å²) in [6, 6.07) is 19.5. The summed E-state index contributed by atoms with van der Waals surface area (Å²) in [5.41, 5.74) is 5.80. The molecule has 2 heterocycles. The second-order valence-corrected chi connectivity index (χ2v) is 10.1. The lowest BCUT2D eigenvalue weighted by molar-refractivity contribution is -0.138. The molecule has 0 atom stereocenters. The molecule has 5 rings (SSSR count). The van der Waals surface area contributed by atoms with E-state index in [1.807, 2.05) is 30.5 Å². The summed E-state index contributed by atoms with van der Waals surface area (Å²) in [5, 5.41) is 2.23. The van der Waals surface area contributed by atoms with Gasteiger partial charge in [-0.15, -0.1) is 0 Å². The Hall–Kier alpha value is -2.99. The molecule has 37 heavy (non-hydrogen) atoms. The van der Waals surface area contributed by atoms with Crippen LogP contribution < -0.4 is 0 Å². The molecule has 2 nitrogen and oxygen atoms in total. The van der Waals surface area contributed by atoms with Crippen molar-refractivity contribution in [2.45, 2.75) is 26.1 Å². The Morgan fingerprint density at radius 1 is 1.00 bits per heavy atom. The van der Waals surface area contributed by atoms with Gasteiger partial charge in [0.25, 0.3) is 0 Å². The number of hydrogen-bond donors (Lipinski definition) is 1. The number of rotatable bonds is 4. The van der Waals surface area contributed by atoms with Gasteiger partial charge in [0.1, 0.15) is 0 Å². The average Bonchev–Trinajstić information content (AvgIpc) is 3.34. The zero-order valence-corrected chi connectivity index (χ0v) is 21.7. The van der Waals surface area contributed by atoms with E-state index in [-0.39, 0.29) is 12.1 Å². The summed E-state index contributed by atoms with van der Waals surface area (Å²) >= 11 is 13.0. The number of alkyl halides is 3. The molecule has 1 N–H and O–H groups in total. The van der Waals surface area contributed by atoms with Crippen LogP contribution in [0.2, 0.25) is 10.0 Å². The highest BCUT2D eigenvalue weighted by molar-refractivity contribution is 6.37. The molecule has 1 saturated heterocycles. The fraction of sp³-hybridized carbons (Fsp3) is 0.200. The summed E-state index contributed by atoms with van der Waals surface area (Å²) in [4.78, 5) is 5.29. The van der Waals surface area contributed by atoms with Crippen LogP contribution in [-0.4, -0.2) is 23.0 Å². The second kappa shape index (κ2) is 10.4. The number of aromatic amines is 1. The number of benzene rings is 3. The smallest absolute Gasteiger partial charge is 0.361 e. The van der Waals surface area contributed by atoms with Crippen molar-refractivity contribution in [3.8, 4) is 0 Å². The Labute approximate surface area is 224 Å². The van der Waals surface area contributed by atoms with Crippen molar-refractivity contribution in [3.05, 3.63) is 116 Å². The van der Waals surface area contributed by atoms with Crippen LogP contribution >= 0.6 is 23.2 Å². The number of halogens is 5. The molecule has 4 aromatic rings. The average molecular weight is 541 g/mol. The van der Waals surface area contributed by atoms with Gasteiger partial charge in [0.05, 0.1) is 5.56 Å². The highest BCUT2D eigenvalue weighted by atomic mass is 35.5. The molecular formula is C30H25Cl2F3N2. The minimum atomic E-state index is -4.39. The van der Waals surface area contributed by atoms with E-state index in [2.05, 4.69) is 28.9 Å². The number of H-pyrrole nitrogens is 1. The summed E-state index contributed by atoms with van der Waals surface area (Å²) in [6.45, 7) is 3.41. The fourth-order valence-corrected chi connectivity index (χ4v) is 5.45. The van der Waals surface area contributed by atoms with Crippen molar-refractivity contribution in [1.82, 2.24) is 9.88 Å². The van der Waals surface area contributed by atoms with Gasteiger partial charge in [-0.2, -0.15) is 13.2 Å². The standard InChI is InChI=1S/C30H25Cl2F3N2/c1-19(20-9-10-29-22(15-20)11-13-36-29)25-18-37(17-23-5-2-3-6-26(23)30(33,34)35)14-12-21(25)16-24-27(31)7-4-8-28(24)32/h2-11,13,15-16,36H,12,14,17-18H2,1H3/b21-16-,25-19+. The lowest BCUT2D eigenvalue weighted by Crippen LogP contribution is -2.33. The monoisotopic (exact) mass is 540 g/mol. The van der Waals surface area contributed by atoms with E-state index in [1.54, 1.807) is 24.3 Å². The highest BCUT2D eigenvalue weighted by Crippen LogP contribution is 2.37. The molecule has 190 valence electrons. The molecule has 3 aromatic carbocycles. The van der Waals surface area contributed by atoms with Crippen molar-refractivity contribution in [1.29, 1.82) is 0 Å². The number of likely N-dealkylation sites (tertiary alicyclic amines) is 1. The SMILES string of the molecule is C/C(=C1/CN(Cc2ccccc2C(F)(F)F)CC/C1=C/c1c(Cl)cccc1Cl)c1ccc2[nH]ccc2c1. The van der Waals surface area contributed by atoms with Gasteiger partial charge in [-0.3, -0.25) is 4.90 Å². The fourth-order valence-electron chi connectivity index (χ4n) is 4.95. The number of nitrogens with one attached hydrogen (secondary N) is 1. The van der Waals surface area contributed by atoms with Crippen molar-refractivity contribution in [2.24, 2.45) is 0 Å². The van der Waals surface area contributed by atoms with E-state index >= 15 is 0 Å². The first kappa shape index (κ1) is 25.7. The van der Waals surface area contributed by atoms with Crippen LogP contribution in [0.5, 0.6) is 0 Å². The molecule has 1 aromatic heterocycles. The first-order chi connectivity index (χ1) is 17.7. The van der Waals surface area contributed by atoms with Crippen LogP contribution in [0.1, 0.15) is 35.6 Å². The van der Waals surface area contributed by atoms with E-state index in [0.29, 0.717) is 29.6 Å². The maximum Gasteiger partial charge on any atom is 0.416 e. The van der Waals surface area contributed by atoms with Crippen LogP contribution in [0.25, 0.3) is 22.6 Å². The normalized spacial score (nSPS) is 17.5. The Morgan fingerprint density at radius 2 is 1.76 bits per heavy atom. The number of aromatic nitrogens is 1. The Balaban J connectivity index is 1.56. The van der Waals surface area contributed by atoms with Crippen LogP contribution in [0.3, 0.4) is 0 Å². The third-order valence-corrected chi connectivity index (χ3v) is 7.60. The summed E-state index contributed by atoms with van der Waals surface area (Å²) in [5.74, 6) is 0. The molecule has 1 aliphatic rings. The third-order valence-electron chi connectivity index (χ3n) is 6.94. The molecule has 0 unspecified atom stereocenters. The van der Waals surface area contributed by atoms with E-state index in [9.17, 15) is 13.2 Å². The maximum atomic E-state index is 13.6. The second-order valence-electron chi connectivity index (χ2n) is 9.30. The molecule has 0 bridgehead atoms. The van der Waals surface area contributed by atoms with Gasteiger partial charge in [-0.05, 0) is 89.1 Å². The van der Waals surface area contributed by atoms with Gasteiger partial charge in [-0.25, -0.2) is 0 Å². The summed E-state index contributed by atoms with van der Waals surface area (Å²) in [6.07, 6.45) is 0.203. The molecule has 0 spiro atoms. The number of nitrogens with zero attached hydrogens (tertiary/aromatic N) is 1. The van der Waals surface area contributed by atoms with Crippen LogP contribution in [0.4, 0.5) is 13.2 Å². The van der Waals surface area contributed by atoms with Crippen molar-refractivity contribution < 1.29 is 13.2 Å². The van der Waals surface area contributed by atoms with Crippen LogP contribution in [0, 0.1) is 0 Å². The number of piperidine rings is 1. The minimum Gasteiger partial charge on any atom is -0.361 e. The summed E-state index contributed by atoms with van der Waals surface area (Å²) in [7, 11) is 0. The largest absolute Gasteiger partial charge is 0.416 e. The van der Waals surface area contributed by atoms with Gasteiger partial charge < -0.3 is 4.98 Å². The van der Waals surface area contributed by atoms with Crippen molar-refractivity contribution >= 4 is 45.8 Å². The summed E-state index contributed by atoms with van der Waals surface area (Å²) < 4.78 is 40.9. The molecular weight excluding hydrogens is 516 g/mol. The van der Waals surface area contributed by atoms with Gasteiger partial charge in [0.15, 0.2) is 0 Å². The lowest BCUT2D eigenvalue weighted by atomic mass is 9.88. The topological polar surface area (TPSA) is 19.0 Å². The van der Waals surface area contributed by atoms with Gasteiger partial charge in [-0.1, -0.05) is 53.5 Å². The Kier molecular flexibility index (Phi) is 7.21. The van der Waals surface area contributed by atoms with E-state index in [0.717, 1.165) is 44.8 Å². The minimum absolute atomic E-state index is 0.212. The van der Waals surface area contributed by atoms with Gasteiger partial charge >= 0.3 is 6.18 Å². The van der Waals surface area contributed by atoms with Crippen molar-refractivity contribution in [3.63, 3.8) is 0 Å². The molecule has 1 aliphatic heterocycles. The van der Waals surface area contributed by atoms with E-state index in [1.165, 1.54) is 6.07 Å².